The molecule has 4 fully saturated rings. The van der Waals surface area contributed by atoms with Crippen molar-refractivity contribution in [3.05, 3.63) is 0 Å². The molecule has 0 aliphatic heterocycles. The summed E-state index contributed by atoms with van der Waals surface area (Å²) in [4.78, 5) is 0. The molecule has 4 saturated carbocycles. The van der Waals surface area contributed by atoms with Crippen LogP contribution in [-0.2, 0) is 18.9 Å². The van der Waals surface area contributed by atoms with Gasteiger partial charge in [-0.3, -0.25) is 0 Å². The summed E-state index contributed by atoms with van der Waals surface area (Å²) in [5.74, 6) is 1.81. The van der Waals surface area contributed by atoms with Crippen LogP contribution in [0.5, 0.6) is 0 Å². The van der Waals surface area contributed by atoms with E-state index in [-0.39, 0.29) is 0 Å². The highest BCUT2D eigenvalue weighted by Gasteiger charge is 2.31. The van der Waals surface area contributed by atoms with Crippen LogP contribution in [-0.4, -0.2) is 38.0 Å². The molecule has 0 atom stereocenters. The van der Waals surface area contributed by atoms with Crippen molar-refractivity contribution in [3.63, 3.8) is 0 Å². The number of ether oxygens (including phenoxy) is 4. The first-order valence-electron chi connectivity index (χ1n) is 13.3. The normalized spacial score (nSPS) is 34.8. The lowest BCUT2D eigenvalue weighted by molar-refractivity contribution is -0.139. The molecular weight excluding hydrogens is 376 g/mol. The third-order valence-corrected chi connectivity index (χ3v) is 8.42. The average molecular weight is 423 g/mol. The van der Waals surface area contributed by atoms with E-state index >= 15 is 0 Å². The molecule has 174 valence electrons. The monoisotopic (exact) mass is 422 g/mol. The first-order valence-corrected chi connectivity index (χ1v) is 13.3. The second-order valence-electron chi connectivity index (χ2n) is 10.5. The van der Waals surface area contributed by atoms with Gasteiger partial charge in [-0.2, -0.15) is 0 Å². The fourth-order valence-electron chi connectivity index (χ4n) is 6.38. The summed E-state index contributed by atoms with van der Waals surface area (Å²) in [5.41, 5.74) is 0. The first kappa shape index (κ1) is 23.0. The van der Waals surface area contributed by atoms with Crippen molar-refractivity contribution in [2.75, 3.05) is 13.6 Å². The molecule has 0 heterocycles. The Morgan fingerprint density at radius 3 is 0.967 bits per heavy atom. The zero-order valence-electron chi connectivity index (χ0n) is 19.2. The zero-order valence-corrected chi connectivity index (χ0v) is 19.2. The first-order chi connectivity index (χ1) is 14.9. The number of hydrogen-bond acceptors (Lipinski definition) is 4. The van der Waals surface area contributed by atoms with Gasteiger partial charge in [-0.05, 0) is 88.9 Å². The molecule has 4 aliphatic rings. The van der Waals surface area contributed by atoms with E-state index in [4.69, 9.17) is 18.9 Å². The zero-order chi connectivity index (χ0) is 20.4. The molecule has 0 amide bonds. The van der Waals surface area contributed by atoms with Crippen LogP contribution in [0.2, 0.25) is 0 Å². The van der Waals surface area contributed by atoms with E-state index in [0.717, 1.165) is 11.8 Å². The molecule has 0 unspecified atom stereocenters. The molecule has 0 bridgehead atoms. The standard InChI is InChI=1S/C26H46O4/c1-3-7-23(8-4-1)27-19-29-25-15-11-21(12-16-25)22-13-17-26(18-14-22)30-20-28-24-9-5-2-6-10-24/h21-26H,1-20H2. The Balaban J connectivity index is 1.03. The minimum Gasteiger partial charge on any atom is -0.352 e. The second-order valence-corrected chi connectivity index (χ2v) is 10.5. The van der Waals surface area contributed by atoms with Crippen molar-refractivity contribution >= 4 is 0 Å². The molecule has 0 radical (unpaired) electrons. The van der Waals surface area contributed by atoms with Gasteiger partial charge in [-0.1, -0.05) is 38.5 Å². The van der Waals surface area contributed by atoms with E-state index in [9.17, 15) is 0 Å². The fraction of sp³-hybridized carbons (Fsp3) is 1.00. The Hall–Kier alpha value is -0.160. The van der Waals surface area contributed by atoms with Gasteiger partial charge in [-0.25, -0.2) is 0 Å². The van der Waals surface area contributed by atoms with Gasteiger partial charge in [-0.15, -0.1) is 0 Å². The van der Waals surface area contributed by atoms with E-state index < -0.39 is 0 Å². The third kappa shape index (κ3) is 7.46. The van der Waals surface area contributed by atoms with E-state index in [1.807, 2.05) is 0 Å². The number of rotatable bonds is 9. The molecule has 4 aliphatic carbocycles. The Kier molecular flexibility index (Phi) is 9.80. The lowest BCUT2D eigenvalue weighted by Crippen LogP contribution is -2.31. The van der Waals surface area contributed by atoms with Crippen LogP contribution in [0, 0.1) is 11.8 Å². The molecule has 4 heteroatoms. The van der Waals surface area contributed by atoms with Gasteiger partial charge in [0.1, 0.15) is 13.6 Å². The van der Waals surface area contributed by atoms with E-state index in [1.54, 1.807) is 0 Å². The van der Waals surface area contributed by atoms with Crippen molar-refractivity contribution in [3.8, 4) is 0 Å². The van der Waals surface area contributed by atoms with Crippen LogP contribution < -0.4 is 0 Å². The van der Waals surface area contributed by atoms with Gasteiger partial charge in [0, 0.05) is 0 Å². The predicted octanol–water partition coefficient (Wildman–Crippen LogP) is 6.75. The van der Waals surface area contributed by atoms with E-state index in [1.165, 1.54) is 116 Å². The summed E-state index contributed by atoms with van der Waals surface area (Å²) in [6.45, 7) is 1.04. The highest BCUT2D eigenvalue weighted by atomic mass is 16.7. The minimum absolute atomic E-state index is 0.432. The SMILES string of the molecule is C1CCC(OCOC2CCC(C3CCC(OCOC4CCCCC4)CC3)CC2)CC1. The minimum atomic E-state index is 0.432. The highest BCUT2D eigenvalue weighted by Crippen LogP contribution is 2.39. The lowest BCUT2D eigenvalue weighted by Gasteiger charge is -2.37. The van der Waals surface area contributed by atoms with Crippen molar-refractivity contribution in [1.29, 1.82) is 0 Å². The van der Waals surface area contributed by atoms with Crippen LogP contribution in [0.3, 0.4) is 0 Å². The largest absolute Gasteiger partial charge is 0.352 e. The maximum atomic E-state index is 6.08. The molecule has 4 nitrogen and oxygen atoms in total. The van der Waals surface area contributed by atoms with Crippen molar-refractivity contribution in [2.45, 2.75) is 140 Å². The Labute approximate surface area is 184 Å². The highest BCUT2D eigenvalue weighted by molar-refractivity contribution is 4.82. The summed E-state index contributed by atoms with van der Waals surface area (Å²) < 4.78 is 24.1. The third-order valence-electron chi connectivity index (χ3n) is 8.42. The second kappa shape index (κ2) is 12.8. The van der Waals surface area contributed by atoms with Gasteiger partial charge < -0.3 is 18.9 Å². The molecule has 0 aromatic heterocycles. The summed E-state index contributed by atoms with van der Waals surface area (Å²) in [7, 11) is 0. The Morgan fingerprint density at radius 1 is 0.333 bits per heavy atom. The fourth-order valence-corrected chi connectivity index (χ4v) is 6.38. The molecule has 30 heavy (non-hydrogen) atoms. The molecular formula is C26H46O4. The Bertz CT molecular complexity index is 400. The van der Waals surface area contributed by atoms with Gasteiger partial charge >= 0.3 is 0 Å². The van der Waals surface area contributed by atoms with E-state index in [2.05, 4.69) is 0 Å². The Morgan fingerprint density at radius 2 is 0.633 bits per heavy atom. The van der Waals surface area contributed by atoms with Crippen molar-refractivity contribution < 1.29 is 18.9 Å². The van der Waals surface area contributed by atoms with Crippen LogP contribution in [0.1, 0.15) is 116 Å². The van der Waals surface area contributed by atoms with Gasteiger partial charge in [0.2, 0.25) is 0 Å². The predicted molar refractivity (Wildman–Crippen MR) is 119 cm³/mol. The maximum Gasteiger partial charge on any atom is 0.147 e. The molecule has 0 saturated heterocycles. The summed E-state index contributed by atoms with van der Waals surface area (Å²) >= 11 is 0. The van der Waals surface area contributed by atoms with Gasteiger partial charge in [0.25, 0.3) is 0 Å². The van der Waals surface area contributed by atoms with Crippen LogP contribution in [0.15, 0.2) is 0 Å². The maximum absolute atomic E-state index is 6.08. The topological polar surface area (TPSA) is 36.9 Å². The van der Waals surface area contributed by atoms with Crippen LogP contribution >= 0.6 is 0 Å². The van der Waals surface area contributed by atoms with Gasteiger partial charge in [0.05, 0.1) is 24.4 Å². The smallest absolute Gasteiger partial charge is 0.147 e. The summed E-state index contributed by atoms with van der Waals surface area (Å²) in [6.07, 6.45) is 25.1. The quantitative estimate of drug-likeness (QED) is 0.385. The van der Waals surface area contributed by atoms with Crippen LogP contribution in [0.25, 0.3) is 0 Å². The summed E-state index contributed by atoms with van der Waals surface area (Å²) in [5, 5.41) is 0. The molecule has 0 N–H and O–H groups in total. The van der Waals surface area contributed by atoms with E-state index in [0.29, 0.717) is 38.0 Å². The molecule has 4 rings (SSSR count). The van der Waals surface area contributed by atoms with Crippen LogP contribution in [0.4, 0.5) is 0 Å². The van der Waals surface area contributed by atoms with Crippen molar-refractivity contribution in [2.24, 2.45) is 11.8 Å². The average Bonchev–Trinajstić information content (AvgIpc) is 2.82. The lowest BCUT2D eigenvalue weighted by atomic mass is 9.72. The summed E-state index contributed by atoms with van der Waals surface area (Å²) in [6, 6.07) is 0. The number of hydrogen-bond donors (Lipinski definition) is 0. The van der Waals surface area contributed by atoms with Crippen molar-refractivity contribution in [1.82, 2.24) is 0 Å². The van der Waals surface area contributed by atoms with Gasteiger partial charge in [0.15, 0.2) is 0 Å². The molecule has 0 aromatic carbocycles. The molecule has 0 aromatic rings. The molecule has 0 spiro atoms.